The molecule has 9 aromatic carbocycles. The van der Waals surface area contributed by atoms with Crippen LogP contribution in [-0.4, -0.2) is 9.97 Å². The fourth-order valence-corrected chi connectivity index (χ4v) is 11.9. The molecule has 1 aromatic heterocycles. The first-order chi connectivity index (χ1) is 29.1. The average molecular weight is 773 g/mol. The second-order valence-corrected chi connectivity index (χ2v) is 18.0. The summed E-state index contributed by atoms with van der Waals surface area (Å²) >= 11 is 0. The molecular weight excluding hydrogens is 736 g/mol. The molecule has 11 rings (SSSR count). The van der Waals surface area contributed by atoms with Gasteiger partial charge in [0.1, 0.15) is 0 Å². The van der Waals surface area contributed by atoms with Gasteiger partial charge >= 0.3 is 0 Å². The number of hydrogen-bond acceptors (Lipinski definition) is 3. The van der Waals surface area contributed by atoms with Crippen LogP contribution >= 0.6 is 7.14 Å². The van der Waals surface area contributed by atoms with Crippen LogP contribution in [0.25, 0.3) is 55.3 Å². The van der Waals surface area contributed by atoms with Gasteiger partial charge in [-0.1, -0.05) is 212 Å². The van der Waals surface area contributed by atoms with E-state index in [1.165, 1.54) is 5.56 Å². The van der Waals surface area contributed by atoms with E-state index in [0.29, 0.717) is 5.82 Å². The highest BCUT2D eigenvalue weighted by Crippen LogP contribution is 2.57. The lowest BCUT2D eigenvalue weighted by molar-refractivity contribution is 0.592. The van der Waals surface area contributed by atoms with Gasteiger partial charge in [0, 0.05) is 32.6 Å². The maximum atomic E-state index is 16.1. The van der Waals surface area contributed by atoms with Crippen LogP contribution in [0.5, 0.6) is 0 Å². The van der Waals surface area contributed by atoms with Crippen LogP contribution < -0.4 is 15.9 Å². The molecule has 4 heteroatoms. The van der Waals surface area contributed by atoms with Crippen LogP contribution in [0.3, 0.4) is 0 Å². The molecule has 3 nitrogen and oxygen atoms in total. The second kappa shape index (κ2) is 14.0. The minimum atomic E-state index is -3.36. The Balaban J connectivity index is 1.16. The zero-order chi connectivity index (χ0) is 39.4. The summed E-state index contributed by atoms with van der Waals surface area (Å²) in [6, 6.07) is 77.7. The highest BCUT2D eigenvalue weighted by Gasteiger charge is 2.49. The van der Waals surface area contributed by atoms with E-state index in [4.69, 9.17) is 9.97 Å². The zero-order valence-electron chi connectivity index (χ0n) is 32.1. The van der Waals surface area contributed by atoms with Gasteiger partial charge in [-0.3, -0.25) is 0 Å². The molecule has 0 saturated heterocycles. The molecule has 0 unspecified atom stereocenters. The minimum Gasteiger partial charge on any atom is -0.309 e. The van der Waals surface area contributed by atoms with E-state index < -0.39 is 12.6 Å². The maximum absolute atomic E-state index is 16.1. The summed E-state index contributed by atoms with van der Waals surface area (Å²) < 4.78 is 16.1. The third-order valence-electron chi connectivity index (χ3n) is 12.0. The van der Waals surface area contributed by atoms with Crippen LogP contribution in [0, 0.1) is 0 Å². The fraction of sp³-hybridized carbons (Fsp3) is 0.0182. The lowest BCUT2D eigenvalue weighted by atomic mass is 9.69. The van der Waals surface area contributed by atoms with Crippen LogP contribution in [-0.2, 0) is 9.98 Å². The van der Waals surface area contributed by atoms with Gasteiger partial charge in [0.25, 0.3) is 0 Å². The van der Waals surface area contributed by atoms with E-state index in [1.54, 1.807) is 0 Å². The molecule has 0 atom stereocenters. The smallest absolute Gasteiger partial charge is 0.171 e. The summed E-state index contributed by atoms with van der Waals surface area (Å²) in [4.78, 5) is 11.0. The zero-order valence-corrected chi connectivity index (χ0v) is 33.0. The van der Waals surface area contributed by atoms with Crippen molar-refractivity contribution in [3.8, 4) is 33.8 Å². The van der Waals surface area contributed by atoms with Crippen LogP contribution in [0.2, 0.25) is 0 Å². The van der Waals surface area contributed by atoms with Gasteiger partial charge in [-0.25, -0.2) is 9.97 Å². The molecule has 1 aliphatic rings. The molecule has 0 fully saturated rings. The van der Waals surface area contributed by atoms with Gasteiger partial charge in [-0.05, 0) is 55.9 Å². The lowest BCUT2D eigenvalue weighted by Gasteiger charge is -2.33. The number of aromatic nitrogens is 2. The Kier molecular flexibility index (Phi) is 8.32. The van der Waals surface area contributed by atoms with Crippen molar-refractivity contribution >= 4 is 44.6 Å². The first kappa shape index (κ1) is 35.0. The van der Waals surface area contributed by atoms with Crippen molar-refractivity contribution in [3.05, 3.63) is 247 Å². The molecule has 0 aliphatic heterocycles. The van der Waals surface area contributed by atoms with Gasteiger partial charge in [-0.2, -0.15) is 0 Å². The summed E-state index contributed by atoms with van der Waals surface area (Å²) in [6.07, 6.45) is 0. The molecule has 0 spiro atoms. The number of nitrogens with zero attached hydrogens (tertiary/aromatic N) is 2. The molecule has 278 valence electrons. The molecule has 1 heterocycles. The second-order valence-electron chi connectivity index (χ2n) is 15.2. The largest absolute Gasteiger partial charge is 0.309 e. The Morgan fingerprint density at radius 2 is 0.864 bits per heavy atom. The third kappa shape index (κ3) is 5.54. The molecule has 59 heavy (non-hydrogen) atoms. The van der Waals surface area contributed by atoms with Gasteiger partial charge in [-0.15, -0.1) is 0 Å². The van der Waals surface area contributed by atoms with Crippen molar-refractivity contribution in [2.45, 2.75) is 5.41 Å². The number of hydrogen-bond donors (Lipinski definition) is 0. The lowest BCUT2D eigenvalue weighted by Crippen LogP contribution is -2.30. The summed E-state index contributed by atoms with van der Waals surface area (Å²) in [5.41, 5.74) is 8.52. The van der Waals surface area contributed by atoms with E-state index in [2.05, 4.69) is 170 Å². The van der Waals surface area contributed by atoms with Crippen LogP contribution in [0.1, 0.15) is 22.4 Å². The summed E-state index contributed by atoms with van der Waals surface area (Å²) in [5.74, 6) is 0.658. The van der Waals surface area contributed by atoms with E-state index in [-0.39, 0.29) is 0 Å². The van der Waals surface area contributed by atoms with Crippen molar-refractivity contribution in [1.29, 1.82) is 0 Å². The highest BCUT2D eigenvalue weighted by atomic mass is 31.2. The van der Waals surface area contributed by atoms with E-state index in [1.807, 2.05) is 54.6 Å². The first-order valence-electron chi connectivity index (χ1n) is 20.0. The van der Waals surface area contributed by atoms with Gasteiger partial charge < -0.3 is 4.57 Å². The topological polar surface area (TPSA) is 42.9 Å². The SMILES string of the molecule is O=P(c1ccc(-c2nc(-c3ccccc3)nc3c2-c2ccccc2C3(c2ccccc2)c2ccccc2)cc1)(c1ccc2ccccc2c1)c1ccc2ccccc2c1. The standard InChI is InChI=1S/C55H37N2OP/c58-59(47-34-28-38-16-10-12-20-42(38)36-47,48-35-29-39-17-11-13-21-43(39)37-48)46-32-30-40(31-33-46)52-51-49-26-14-15-27-50(49)55(44-22-6-2-7-23-44,45-24-8-3-9-25-45)53(51)57-54(56-52)41-18-4-1-5-19-41/h1-37H. The third-order valence-corrected chi connectivity index (χ3v) is 15.0. The Bertz CT molecular complexity index is 3110. The molecule has 0 amide bonds. The quantitative estimate of drug-likeness (QED) is 0.152. The number of benzene rings is 9. The Morgan fingerprint density at radius 3 is 1.44 bits per heavy atom. The monoisotopic (exact) mass is 772 g/mol. The molecule has 0 saturated carbocycles. The number of rotatable bonds is 7. The van der Waals surface area contributed by atoms with Crippen molar-refractivity contribution < 1.29 is 4.57 Å². The summed E-state index contributed by atoms with van der Waals surface area (Å²) in [5, 5.41) is 6.73. The van der Waals surface area contributed by atoms with Gasteiger partial charge in [0.05, 0.1) is 16.8 Å². The molecular formula is C55H37N2OP. The van der Waals surface area contributed by atoms with E-state index >= 15 is 4.57 Å². The van der Waals surface area contributed by atoms with Gasteiger partial charge in [0.15, 0.2) is 13.0 Å². The molecule has 0 bridgehead atoms. The minimum absolute atomic E-state index is 0.658. The maximum Gasteiger partial charge on any atom is 0.171 e. The van der Waals surface area contributed by atoms with Crippen LogP contribution in [0.15, 0.2) is 224 Å². The highest BCUT2D eigenvalue weighted by molar-refractivity contribution is 7.85. The predicted molar refractivity (Wildman–Crippen MR) is 245 cm³/mol. The van der Waals surface area contributed by atoms with Crippen LogP contribution in [0.4, 0.5) is 0 Å². The van der Waals surface area contributed by atoms with E-state index in [0.717, 1.165) is 82.2 Å². The fourth-order valence-electron chi connectivity index (χ4n) is 9.22. The van der Waals surface area contributed by atoms with E-state index in [9.17, 15) is 0 Å². The molecule has 10 aromatic rings. The van der Waals surface area contributed by atoms with Crippen molar-refractivity contribution in [1.82, 2.24) is 9.97 Å². The Morgan fingerprint density at radius 1 is 0.390 bits per heavy atom. The Labute approximate surface area is 343 Å². The normalized spacial score (nSPS) is 12.9. The summed E-state index contributed by atoms with van der Waals surface area (Å²) in [7, 11) is -3.36. The summed E-state index contributed by atoms with van der Waals surface area (Å²) in [6.45, 7) is 0. The average Bonchev–Trinajstić information content (AvgIpc) is 3.62. The molecule has 1 aliphatic carbocycles. The van der Waals surface area contributed by atoms with Crippen molar-refractivity contribution in [2.24, 2.45) is 0 Å². The van der Waals surface area contributed by atoms with Gasteiger partial charge in [0.2, 0.25) is 0 Å². The number of fused-ring (bicyclic) bond motifs is 5. The molecule has 0 radical (unpaired) electrons. The predicted octanol–water partition coefficient (Wildman–Crippen LogP) is 12.1. The molecule has 0 N–H and O–H groups in total. The van der Waals surface area contributed by atoms with Crippen molar-refractivity contribution in [3.63, 3.8) is 0 Å². The van der Waals surface area contributed by atoms with Crippen molar-refractivity contribution in [2.75, 3.05) is 0 Å². The Hall–Kier alpha value is -7.19. The first-order valence-corrected chi connectivity index (χ1v) is 21.7.